The van der Waals surface area contributed by atoms with Crippen LogP contribution in [0.4, 0.5) is 0 Å². The van der Waals surface area contributed by atoms with Crippen molar-refractivity contribution in [3.05, 3.63) is 35.4 Å². The van der Waals surface area contributed by atoms with Gasteiger partial charge in [0.05, 0.1) is 11.5 Å². The zero-order valence-electron chi connectivity index (χ0n) is 12.9. The van der Waals surface area contributed by atoms with Gasteiger partial charge in [-0.25, -0.2) is 8.42 Å². The summed E-state index contributed by atoms with van der Waals surface area (Å²) in [5, 5.41) is 3.73. The third-order valence-corrected chi connectivity index (χ3v) is 6.83. The molecule has 4 heteroatoms. The molecule has 2 aliphatic rings. The van der Waals surface area contributed by atoms with Gasteiger partial charge in [0.15, 0.2) is 0 Å². The molecule has 1 atom stereocenters. The van der Waals surface area contributed by atoms with Crippen molar-refractivity contribution in [1.82, 2.24) is 5.32 Å². The monoisotopic (exact) mass is 307 g/mol. The predicted molar refractivity (Wildman–Crippen MR) is 86.3 cm³/mol. The van der Waals surface area contributed by atoms with Gasteiger partial charge in [0.25, 0.3) is 0 Å². The fourth-order valence-electron chi connectivity index (χ4n) is 3.73. The normalized spacial score (nSPS) is 28.0. The lowest BCUT2D eigenvalue weighted by Gasteiger charge is -2.39. The summed E-state index contributed by atoms with van der Waals surface area (Å²) in [6.45, 7) is 4.63. The Hall–Kier alpha value is -0.870. The highest BCUT2D eigenvalue weighted by molar-refractivity contribution is 7.91. The SMILES string of the molecule is CC1(C)CCC(NC2CCS(=O)(=O)CC2)c2ccccc21. The van der Waals surface area contributed by atoms with Gasteiger partial charge in [0, 0.05) is 12.1 Å². The molecule has 1 unspecified atom stereocenters. The van der Waals surface area contributed by atoms with Crippen LogP contribution in [0.15, 0.2) is 24.3 Å². The van der Waals surface area contributed by atoms with Crippen molar-refractivity contribution in [2.45, 2.75) is 57.0 Å². The van der Waals surface area contributed by atoms with Crippen molar-refractivity contribution in [2.75, 3.05) is 11.5 Å². The molecule has 1 aromatic rings. The van der Waals surface area contributed by atoms with E-state index in [0.29, 0.717) is 23.6 Å². The molecule has 1 saturated heterocycles. The first kappa shape index (κ1) is 15.0. The molecular weight excluding hydrogens is 282 g/mol. The molecule has 1 aromatic carbocycles. The van der Waals surface area contributed by atoms with Crippen LogP contribution in [0.5, 0.6) is 0 Å². The Bertz CT molecular complexity index is 607. The van der Waals surface area contributed by atoms with E-state index in [1.165, 1.54) is 17.5 Å². The summed E-state index contributed by atoms with van der Waals surface area (Å²) in [6.07, 6.45) is 3.81. The Morgan fingerprint density at radius 2 is 1.76 bits per heavy atom. The summed E-state index contributed by atoms with van der Waals surface area (Å²) in [5.41, 5.74) is 3.09. The highest BCUT2D eigenvalue weighted by Crippen LogP contribution is 2.41. The minimum Gasteiger partial charge on any atom is -0.307 e. The van der Waals surface area contributed by atoms with Crippen LogP contribution in [-0.2, 0) is 15.3 Å². The average molecular weight is 307 g/mol. The van der Waals surface area contributed by atoms with Gasteiger partial charge in [-0.2, -0.15) is 0 Å². The van der Waals surface area contributed by atoms with Gasteiger partial charge in [-0.05, 0) is 42.2 Å². The first-order valence-corrected chi connectivity index (χ1v) is 9.75. The first-order valence-electron chi connectivity index (χ1n) is 7.93. The van der Waals surface area contributed by atoms with E-state index in [2.05, 4.69) is 43.4 Å². The molecule has 0 radical (unpaired) electrons. The number of fused-ring (bicyclic) bond motifs is 1. The van der Waals surface area contributed by atoms with Crippen molar-refractivity contribution in [1.29, 1.82) is 0 Å². The second-order valence-electron chi connectivity index (χ2n) is 7.16. The van der Waals surface area contributed by atoms with Gasteiger partial charge in [-0.1, -0.05) is 38.1 Å². The zero-order chi connectivity index (χ0) is 15.1. The first-order chi connectivity index (χ1) is 9.87. The van der Waals surface area contributed by atoms with Crippen molar-refractivity contribution >= 4 is 9.84 Å². The van der Waals surface area contributed by atoms with Gasteiger partial charge in [0.2, 0.25) is 0 Å². The molecule has 1 heterocycles. The summed E-state index contributed by atoms with van der Waals surface area (Å²) >= 11 is 0. The fourth-order valence-corrected chi connectivity index (χ4v) is 5.22. The van der Waals surface area contributed by atoms with Gasteiger partial charge in [0.1, 0.15) is 9.84 Å². The van der Waals surface area contributed by atoms with E-state index in [1.54, 1.807) is 0 Å². The molecule has 116 valence electrons. The third kappa shape index (κ3) is 3.16. The van der Waals surface area contributed by atoms with Crippen LogP contribution in [0.3, 0.4) is 0 Å². The molecule has 3 rings (SSSR count). The fraction of sp³-hybridized carbons (Fsp3) is 0.647. The van der Waals surface area contributed by atoms with Crippen LogP contribution in [0.25, 0.3) is 0 Å². The molecule has 1 N–H and O–H groups in total. The van der Waals surface area contributed by atoms with E-state index in [-0.39, 0.29) is 5.41 Å². The Morgan fingerprint density at radius 1 is 1.10 bits per heavy atom. The number of hydrogen-bond donors (Lipinski definition) is 1. The Labute approximate surface area is 128 Å². The predicted octanol–water partition coefficient (Wildman–Crippen LogP) is 2.97. The van der Waals surface area contributed by atoms with Crippen molar-refractivity contribution in [2.24, 2.45) is 0 Å². The summed E-state index contributed by atoms with van der Waals surface area (Å²) in [6, 6.07) is 9.42. The molecule has 0 bridgehead atoms. The van der Waals surface area contributed by atoms with Crippen molar-refractivity contribution in [3.63, 3.8) is 0 Å². The van der Waals surface area contributed by atoms with E-state index in [0.717, 1.165) is 19.3 Å². The van der Waals surface area contributed by atoms with Crippen LogP contribution in [0.2, 0.25) is 0 Å². The Kier molecular flexibility index (Phi) is 3.87. The Balaban J connectivity index is 1.76. The maximum Gasteiger partial charge on any atom is 0.150 e. The minimum atomic E-state index is -2.78. The molecule has 3 nitrogen and oxygen atoms in total. The standard InChI is InChI=1S/C17H25NO2S/c1-17(2)10-7-16(14-5-3-4-6-15(14)17)18-13-8-11-21(19,20)12-9-13/h3-6,13,16,18H,7-12H2,1-2H3. The van der Waals surface area contributed by atoms with E-state index < -0.39 is 9.84 Å². The molecule has 0 saturated carbocycles. The van der Waals surface area contributed by atoms with Crippen LogP contribution in [0.1, 0.15) is 56.7 Å². The van der Waals surface area contributed by atoms with E-state index in [9.17, 15) is 8.42 Å². The average Bonchev–Trinajstić information content (AvgIpc) is 2.44. The molecule has 1 fully saturated rings. The van der Waals surface area contributed by atoms with Crippen molar-refractivity contribution < 1.29 is 8.42 Å². The quantitative estimate of drug-likeness (QED) is 0.913. The summed E-state index contributed by atoms with van der Waals surface area (Å²) < 4.78 is 23.1. The highest BCUT2D eigenvalue weighted by Gasteiger charge is 2.34. The van der Waals surface area contributed by atoms with Gasteiger partial charge in [-0.15, -0.1) is 0 Å². The number of sulfone groups is 1. The second-order valence-corrected chi connectivity index (χ2v) is 9.46. The largest absolute Gasteiger partial charge is 0.307 e. The smallest absolute Gasteiger partial charge is 0.150 e. The van der Waals surface area contributed by atoms with Crippen LogP contribution in [0, 0.1) is 0 Å². The topological polar surface area (TPSA) is 46.2 Å². The molecule has 1 aliphatic carbocycles. The number of hydrogen-bond acceptors (Lipinski definition) is 3. The van der Waals surface area contributed by atoms with Crippen molar-refractivity contribution in [3.8, 4) is 0 Å². The maximum atomic E-state index is 11.5. The third-order valence-electron chi connectivity index (χ3n) is 5.11. The Morgan fingerprint density at radius 3 is 2.48 bits per heavy atom. The van der Waals surface area contributed by atoms with Gasteiger partial charge >= 0.3 is 0 Å². The van der Waals surface area contributed by atoms with Gasteiger partial charge in [-0.3, -0.25) is 0 Å². The van der Waals surface area contributed by atoms with Crippen LogP contribution in [-0.4, -0.2) is 26.0 Å². The summed E-state index contributed by atoms with van der Waals surface area (Å²) in [5.74, 6) is 0.676. The molecule has 21 heavy (non-hydrogen) atoms. The zero-order valence-corrected chi connectivity index (χ0v) is 13.7. The summed E-state index contributed by atoms with van der Waals surface area (Å²) in [7, 11) is -2.78. The molecule has 0 aromatic heterocycles. The lowest BCUT2D eigenvalue weighted by molar-refractivity contribution is 0.322. The second kappa shape index (κ2) is 5.40. The molecule has 0 spiro atoms. The van der Waals surface area contributed by atoms with E-state index >= 15 is 0 Å². The molecule has 0 amide bonds. The van der Waals surface area contributed by atoms with Crippen LogP contribution < -0.4 is 5.32 Å². The number of benzene rings is 1. The van der Waals surface area contributed by atoms with E-state index in [4.69, 9.17) is 0 Å². The molecule has 1 aliphatic heterocycles. The maximum absolute atomic E-state index is 11.5. The molecular formula is C17H25NO2S. The van der Waals surface area contributed by atoms with E-state index in [1.807, 2.05) is 0 Å². The lowest BCUT2D eigenvalue weighted by atomic mass is 9.71. The summed E-state index contributed by atoms with van der Waals surface area (Å²) in [4.78, 5) is 0. The lowest BCUT2D eigenvalue weighted by Crippen LogP contribution is -2.42. The number of rotatable bonds is 2. The highest BCUT2D eigenvalue weighted by atomic mass is 32.2. The van der Waals surface area contributed by atoms with Crippen LogP contribution >= 0.6 is 0 Å². The van der Waals surface area contributed by atoms with Gasteiger partial charge < -0.3 is 5.32 Å². The number of nitrogens with one attached hydrogen (secondary N) is 1. The minimum absolute atomic E-state index is 0.241.